The lowest BCUT2D eigenvalue weighted by Crippen LogP contribution is -2.27. The standard InChI is InChI=1S/C14H23N3O/c1-3-11-6-5-8-17(9-7-11)13-10-14(18)16-12(4-2)15-13/h10-11H,3-9H2,1-2H3,(H,15,16,18). The van der Waals surface area contributed by atoms with Crippen LogP contribution in [0.1, 0.15) is 45.4 Å². The molecule has 0 aliphatic carbocycles. The van der Waals surface area contributed by atoms with Gasteiger partial charge in [0.1, 0.15) is 11.6 Å². The van der Waals surface area contributed by atoms with Crippen molar-refractivity contribution in [1.29, 1.82) is 0 Å². The minimum Gasteiger partial charge on any atom is -0.356 e. The van der Waals surface area contributed by atoms with Gasteiger partial charge in [-0.15, -0.1) is 0 Å². The predicted octanol–water partition coefficient (Wildman–Crippen LogP) is 2.35. The summed E-state index contributed by atoms with van der Waals surface area (Å²) in [5.41, 5.74) is -0.0341. The summed E-state index contributed by atoms with van der Waals surface area (Å²) in [5, 5.41) is 0. The van der Waals surface area contributed by atoms with E-state index in [-0.39, 0.29) is 5.56 Å². The van der Waals surface area contributed by atoms with Gasteiger partial charge in [0.2, 0.25) is 0 Å². The van der Waals surface area contributed by atoms with E-state index in [0.29, 0.717) is 0 Å². The van der Waals surface area contributed by atoms with E-state index in [1.54, 1.807) is 6.07 Å². The van der Waals surface area contributed by atoms with Crippen LogP contribution in [0, 0.1) is 5.92 Å². The van der Waals surface area contributed by atoms with E-state index in [1.807, 2.05) is 6.92 Å². The van der Waals surface area contributed by atoms with Crippen molar-refractivity contribution in [2.75, 3.05) is 18.0 Å². The van der Waals surface area contributed by atoms with Gasteiger partial charge in [0.05, 0.1) is 0 Å². The molecule has 1 atom stereocenters. The first-order valence-electron chi connectivity index (χ1n) is 7.08. The zero-order chi connectivity index (χ0) is 13.0. The fraction of sp³-hybridized carbons (Fsp3) is 0.714. The highest BCUT2D eigenvalue weighted by Crippen LogP contribution is 2.22. The van der Waals surface area contributed by atoms with Gasteiger partial charge in [-0.1, -0.05) is 20.3 Å². The summed E-state index contributed by atoms with van der Waals surface area (Å²) < 4.78 is 0. The third kappa shape index (κ3) is 3.12. The summed E-state index contributed by atoms with van der Waals surface area (Å²) in [4.78, 5) is 21.2. The fourth-order valence-electron chi connectivity index (χ4n) is 2.63. The zero-order valence-electron chi connectivity index (χ0n) is 11.4. The van der Waals surface area contributed by atoms with Crippen molar-refractivity contribution in [2.24, 2.45) is 5.92 Å². The number of H-pyrrole nitrogens is 1. The van der Waals surface area contributed by atoms with E-state index in [0.717, 1.165) is 37.1 Å². The molecule has 0 saturated carbocycles. The molecule has 1 aromatic heterocycles. The Morgan fingerprint density at radius 3 is 2.94 bits per heavy atom. The predicted molar refractivity (Wildman–Crippen MR) is 74.1 cm³/mol. The van der Waals surface area contributed by atoms with Crippen molar-refractivity contribution in [3.63, 3.8) is 0 Å². The molecular weight excluding hydrogens is 226 g/mol. The third-order valence-corrected chi connectivity index (χ3v) is 3.86. The molecule has 1 fully saturated rings. The highest BCUT2D eigenvalue weighted by molar-refractivity contribution is 5.37. The van der Waals surface area contributed by atoms with Gasteiger partial charge in [-0.05, 0) is 25.2 Å². The second-order valence-corrected chi connectivity index (χ2v) is 5.10. The van der Waals surface area contributed by atoms with Crippen LogP contribution in [-0.4, -0.2) is 23.1 Å². The Bertz CT molecular complexity index is 441. The quantitative estimate of drug-likeness (QED) is 0.894. The Morgan fingerprint density at radius 2 is 2.22 bits per heavy atom. The average molecular weight is 249 g/mol. The van der Waals surface area contributed by atoms with Crippen molar-refractivity contribution in [3.05, 3.63) is 22.2 Å². The van der Waals surface area contributed by atoms with Gasteiger partial charge in [0, 0.05) is 25.6 Å². The van der Waals surface area contributed by atoms with Crippen LogP contribution < -0.4 is 10.5 Å². The maximum Gasteiger partial charge on any atom is 0.252 e. The summed E-state index contributed by atoms with van der Waals surface area (Å²) >= 11 is 0. The highest BCUT2D eigenvalue weighted by Gasteiger charge is 2.17. The summed E-state index contributed by atoms with van der Waals surface area (Å²) in [6.45, 7) is 6.33. The highest BCUT2D eigenvalue weighted by atomic mass is 16.1. The van der Waals surface area contributed by atoms with Gasteiger partial charge >= 0.3 is 0 Å². The average Bonchev–Trinajstić information content (AvgIpc) is 2.63. The number of rotatable bonds is 3. The number of hydrogen-bond acceptors (Lipinski definition) is 3. The molecule has 4 heteroatoms. The molecule has 1 N–H and O–H groups in total. The second kappa shape index (κ2) is 6.03. The lowest BCUT2D eigenvalue weighted by molar-refractivity contribution is 0.459. The molecular formula is C14H23N3O. The second-order valence-electron chi connectivity index (χ2n) is 5.10. The largest absolute Gasteiger partial charge is 0.356 e. The van der Waals surface area contributed by atoms with Crippen LogP contribution in [0.3, 0.4) is 0 Å². The van der Waals surface area contributed by atoms with E-state index in [1.165, 1.54) is 25.7 Å². The van der Waals surface area contributed by atoms with E-state index < -0.39 is 0 Å². The van der Waals surface area contributed by atoms with Crippen molar-refractivity contribution >= 4 is 5.82 Å². The number of nitrogens with one attached hydrogen (secondary N) is 1. The van der Waals surface area contributed by atoms with Crippen LogP contribution in [0.15, 0.2) is 10.9 Å². The molecule has 0 aromatic carbocycles. The van der Waals surface area contributed by atoms with Gasteiger partial charge in [-0.25, -0.2) is 4.98 Å². The van der Waals surface area contributed by atoms with Crippen LogP contribution >= 0.6 is 0 Å². The van der Waals surface area contributed by atoms with Gasteiger partial charge in [-0.3, -0.25) is 4.79 Å². The molecule has 4 nitrogen and oxygen atoms in total. The molecule has 2 heterocycles. The topological polar surface area (TPSA) is 49.0 Å². The Balaban J connectivity index is 2.15. The van der Waals surface area contributed by atoms with Crippen molar-refractivity contribution in [1.82, 2.24) is 9.97 Å². The van der Waals surface area contributed by atoms with E-state index in [2.05, 4.69) is 21.8 Å². The Kier molecular flexibility index (Phi) is 4.39. The number of aryl methyl sites for hydroxylation is 1. The summed E-state index contributed by atoms with van der Waals surface area (Å²) in [5.74, 6) is 2.48. The Labute approximate surface area is 108 Å². The summed E-state index contributed by atoms with van der Waals surface area (Å²) in [6.07, 6.45) is 5.75. The van der Waals surface area contributed by atoms with E-state index in [4.69, 9.17) is 0 Å². The first-order chi connectivity index (χ1) is 8.72. The van der Waals surface area contributed by atoms with Crippen LogP contribution in [0.4, 0.5) is 5.82 Å². The van der Waals surface area contributed by atoms with Crippen LogP contribution in [-0.2, 0) is 6.42 Å². The van der Waals surface area contributed by atoms with Crippen molar-refractivity contribution in [3.8, 4) is 0 Å². The molecule has 1 aliphatic rings. The maximum absolute atomic E-state index is 11.6. The number of nitrogens with zero attached hydrogens (tertiary/aromatic N) is 2. The monoisotopic (exact) mass is 249 g/mol. The minimum absolute atomic E-state index is 0.0341. The summed E-state index contributed by atoms with van der Waals surface area (Å²) in [6, 6.07) is 1.63. The third-order valence-electron chi connectivity index (χ3n) is 3.86. The lowest BCUT2D eigenvalue weighted by Gasteiger charge is -2.21. The smallest absolute Gasteiger partial charge is 0.252 e. The maximum atomic E-state index is 11.6. The van der Waals surface area contributed by atoms with E-state index >= 15 is 0 Å². The Morgan fingerprint density at radius 1 is 1.39 bits per heavy atom. The number of aromatic amines is 1. The Hall–Kier alpha value is -1.32. The molecule has 0 bridgehead atoms. The van der Waals surface area contributed by atoms with Crippen LogP contribution in [0.5, 0.6) is 0 Å². The van der Waals surface area contributed by atoms with Gasteiger partial charge in [-0.2, -0.15) is 0 Å². The minimum atomic E-state index is -0.0341. The number of anilines is 1. The van der Waals surface area contributed by atoms with Crippen LogP contribution in [0.25, 0.3) is 0 Å². The normalized spacial score (nSPS) is 20.8. The first kappa shape index (κ1) is 13.1. The van der Waals surface area contributed by atoms with Crippen molar-refractivity contribution < 1.29 is 0 Å². The van der Waals surface area contributed by atoms with Crippen molar-refractivity contribution in [2.45, 2.75) is 46.0 Å². The molecule has 0 spiro atoms. The fourth-order valence-corrected chi connectivity index (χ4v) is 2.63. The zero-order valence-corrected chi connectivity index (χ0v) is 11.4. The van der Waals surface area contributed by atoms with Gasteiger partial charge in [0.15, 0.2) is 0 Å². The molecule has 0 radical (unpaired) electrons. The number of hydrogen-bond donors (Lipinski definition) is 1. The molecule has 0 amide bonds. The lowest BCUT2D eigenvalue weighted by atomic mass is 9.98. The molecule has 18 heavy (non-hydrogen) atoms. The molecule has 1 aromatic rings. The summed E-state index contributed by atoms with van der Waals surface area (Å²) in [7, 11) is 0. The molecule has 1 unspecified atom stereocenters. The molecule has 1 aliphatic heterocycles. The van der Waals surface area contributed by atoms with Gasteiger partial charge < -0.3 is 9.88 Å². The van der Waals surface area contributed by atoms with Crippen LogP contribution in [0.2, 0.25) is 0 Å². The SMILES string of the molecule is CCc1nc(N2CCCC(CC)CC2)cc(=O)[nH]1. The first-order valence-corrected chi connectivity index (χ1v) is 7.08. The van der Waals surface area contributed by atoms with Gasteiger partial charge in [0.25, 0.3) is 5.56 Å². The molecule has 100 valence electrons. The van der Waals surface area contributed by atoms with E-state index in [9.17, 15) is 4.79 Å². The molecule has 1 saturated heterocycles. The molecule has 2 rings (SSSR count). The number of aromatic nitrogens is 2.